The zero-order valence-electron chi connectivity index (χ0n) is 6.10. The molecule has 0 spiro atoms. The average Bonchev–Trinajstić information content (AvgIpc) is 2.40. The van der Waals surface area contributed by atoms with Crippen molar-refractivity contribution in [3.63, 3.8) is 0 Å². The quantitative estimate of drug-likeness (QED) is 0.665. The van der Waals surface area contributed by atoms with E-state index in [0.29, 0.717) is 4.88 Å². The number of terminal acetylenes is 1. The number of thiophene rings is 1. The topological polar surface area (TPSA) is 12.0 Å². The molecule has 0 bridgehead atoms. The van der Waals surface area contributed by atoms with Gasteiger partial charge in [-0.05, 0) is 18.5 Å². The van der Waals surface area contributed by atoms with Gasteiger partial charge in [0.1, 0.15) is 11.9 Å². The van der Waals surface area contributed by atoms with Crippen LogP contribution in [0.25, 0.3) is 0 Å². The fraction of sp³-hybridized carbons (Fsp3) is 0.250. The summed E-state index contributed by atoms with van der Waals surface area (Å²) in [4.78, 5) is 0.579. The van der Waals surface area contributed by atoms with Gasteiger partial charge >= 0.3 is 0 Å². The third-order valence-corrected chi connectivity index (χ3v) is 2.32. The molecular formula is C8H8FNS. The Morgan fingerprint density at radius 1 is 1.82 bits per heavy atom. The molecule has 1 aromatic heterocycles. The lowest BCUT2D eigenvalue weighted by Crippen LogP contribution is -2.13. The number of hydrogen-bond donors (Lipinski definition) is 1. The molecule has 0 aromatic carbocycles. The van der Waals surface area contributed by atoms with E-state index in [0.717, 1.165) is 0 Å². The summed E-state index contributed by atoms with van der Waals surface area (Å²) in [5.41, 5.74) is 0. The van der Waals surface area contributed by atoms with Crippen molar-refractivity contribution in [2.45, 2.75) is 6.04 Å². The molecule has 0 fully saturated rings. The molecule has 1 rings (SSSR count). The molecule has 1 atom stereocenters. The highest BCUT2D eigenvalue weighted by Gasteiger charge is 2.11. The third-order valence-electron chi connectivity index (χ3n) is 1.36. The molecule has 3 heteroatoms. The van der Waals surface area contributed by atoms with Gasteiger partial charge in [0, 0.05) is 0 Å². The number of nitrogens with one attached hydrogen (secondary N) is 1. The monoisotopic (exact) mass is 169 g/mol. The standard InChI is InChI=1S/C8H8FNS/c1-3-7(10-2)8-6(9)4-5-11-8/h1,4-5,7,10H,2H3. The molecule has 1 aromatic rings. The smallest absolute Gasteiger partial charge is 0.139 e. The molecule has 1 heterocycles. The van der Waals surface area contributed by atoms with Crippen LogP contribution in [0.4, 0.5) is 4.39 Å². The normalized spacial score (nSPS) is 12.5. The van der Waals surface area contributed by atoms with E-state index in [1.54, 1.807) is 12.4 Å². The van der Waals surface area contributed by atoms with E-state index < -0.39 is 0 Å². The average molecular weight is 169 g/mol. The van der Waals surface area contributed by atoms with Crippen molar-refractivity contribution < 1.29 is 4.39 Å². The van der Waals surface area contributed by atoms with Gasteiger partial charge in [0.15, 0.2) is 0 Å². The summed E-state index contributed by atoms with van der Waals surface area (Å²) in [6.07, 6.45) is 5.17. The molecule has 1 unspecified atom stereocenters. The summed E-state index contributed by atoms with van der Waals surface area (Å²) in [7, 11) is 1.71. The summed E-state index contributed by atoms with van der Waals surface area (Å²) in [5.74, 6) is 2.22. The Labute approximate surface area is 69.2 Å². The van der Waals surface area contributed by atoms with Crippen molar-refractivity contribution in [3.8, 4) is 12.3 Å². The van der Waals surface area contributed by atoms with Crippen molar-refractivity contribution in [1.82, 2.24) is 5.32 Å². The first-order valence-electron chi connectivity index (χ1n) is 3.16. The maximum Gasteiger partial charge on any atom is 0.139 e. The van der Waals surface area contributed by atoms with Crippen molar-refractivity contribution >= 4 is 11.3 Å². The number of rotatable bonds is 2. The molecule has 0 radical (unpaired) electrons. The van der Waals surface area contributed by atoms with E-state index in [1.165, 1.54) is 17.4 Å². The lowest BCUT2D eigenvalue weighted by molar-refractivity contribution is 0.598. The van der Waals surface area contributed by atoms with Gasteiger partial charge in [-0.1, -0.05) is 5.92 Å². The highest BCUT2D eigenvalue weighted by molar-refractivity contribution is 7.10. The highest BCUT2D eigenvalue weighted by Crippen LogP contribution is 2.21. The predicted octanol–water partition coefficient (Wildman–Crippen LogP) is 1.78. The second-order valence-electron chi connectivity index (χ2n) is 2.02. The first-order chi connectivity index (χ1) is 5.29. The Kier molecular flexibility index (Phi) is 2.64. The minimum Gasteiger partial charge on any atom is -0.302 e. The summed E-state index contributed by atoms with van der Waals surface area (Å²) >= 11 is 1.33. The Hall–Kier alpha value is -0.850. The fourth-order valence-electron chi connectivity index (χ4n) is 0.802. The van der Waals surface area contributed by atoms with Gasteiger partial charge in [0.2, 0.25) is 0 Å². The summed E-state index contributed by atoms with van der Waals surface area (Å²) in [5, 5.41) is 4.52. The molecule has 0 saturated carbocycles. The van der Waals surface area contributed by atoms with Crippen LogP contribution < -0.4 is 5.32 Å². The Morgan fingerprint density at radius 2 is 2.55 bits per heavy atom. The van der Waals surface area contributed by atoms with Crippen molar-refractivity contribution in [2.24, 2.45) is 0 Å². The summed E-state index contributed by atoms with van der Waals surface area (Å²) in [6, 6.07) is 1.12. The third kappa shape index (κ3) is 1.59. The van der Waals surface area contributed by atoms with Crippen LogP contribution in [0.5, 0.6) is 0 Å². The summed E-state index contributed by atoms with van der Waals surface area (Å²) < 4.78 is 12.8. The molecule has 0 aliphatic carbocycles. The second-order valence-corrected chi connectivity index (χ2v) is 2.97. The Bertz CT molecular complexity index is 274. The minimum absolute atomic E-state index is 0.229. The number of hydrogen-bond acceptors (Lipinski definition) is 2. The maximum atomic E-state index is 12.8. The molecule has 11 heavy (non-hydrogen) atoms. The molecule has 0 aliphatic heterocycles. The van der Waals surface area contributed by atoms with E-state index in [9.17, 15) is 4.39 Å². The van der Waals surface area contributed by atoms with E-state index in [1.807, 2.05) is 0 Å². The first kappa shape index (κ1) is 8.25. The van der Waals surface area contributed by atoms with Crippen LogP contribution in [0.3, 0.4) is 0 Å². The van der Waals surface area contributed by atoms with E-state index in [-0.39, 0.29) is 11.9 Å². The molecule has 0 amide bonds. The lowest BCUT2D eigenvalue weighted by Gasteiger charge is -2.05. The Balaban J connectivity index is 2.92. The lowest BCUT2D eigenvalue weighted by atomic mass is 10.2. The van der Waals surface area contributed by atoms with Crippen LogP contribution in [0, 0.1) is 18.2 Å². The van der Waals surface area contributed by atoms with Gasteiger partial charge in [-0.2, -0.15) is 0 Å². The fourth-order valence-corrected chi connectivity index (χ4v) is 1.64. The van der Waals surface area contributed by atoms with Gasteiger partial charge in [-0.25, -0.2) is 4.39 Å². The van der Waals surface area contributed by atoms with Gasteiger partial charge in [0.25, 0.3) is 0 Å². The van der Waals surface area contributed by atoms with Crippen LogP contribution >= 0.6 is 11.3 Å². The van der Waals surface area contributed by atoms with Crippen LogP contribution in [-0.2, 0) is 0 Å². The highest BCUT2D eigenvalue weighted by atomic mass is 32.1. The molecule has 0 saturated heterocycles. The molecule has 58 valence electrons. The van der Waals surface area contributed by atoms with Crippen molar-refractivity contribution in [2.75, 3.05) is 7.05 Å². The molecule has 0 aliphatic rings. The Morgan fingerprint density at radius 3 is 2.91 bits per heavy atom. The SMILES string of the molecule is C#CC(NC)c1sccc1F. The maximum absolute atomic E-state index is 12.8. The van der Waals surface area contributed by atoms with Gasteiger partial charge in [0.05, 0.1) is 4.88 Å². The minimum atomic E-state index is -0.296. The number of halogens is 1. The summed E-state index contributed by atoms with van der Waals surface area (Å²) in [6.45, 7) is 0. The van der Waals surface area contributed by atoms with E-state index >= 15 is 0 Å². The molecule has 1 N–H and O–H groups in total. The second kappa shape index (κ2) is 3.51. The van der Waals surface area contributed by atoms with Gasteiger partial charge in [-0.15, -0.1) is 17.8 Å². The van der Waals surface area contributed by atoms with E-state index in [2.05, 4.69) is 11.2 Å². The van der Waals surface area contributed by atoms with Crippen LogP contribution in [0.2, 0.25) is 0 Å². The van der Waals surface area contributed by atoms with Crippen LogP contribution in [0.1, 0.15) is 10.9 Å². The zero-order chi connectivity index (χ0) is 8.27. The predicted molar refractivity (Wildman–Crippen MR) is 44.9 cm³/mol. The molecule has 1 nitrogen and oxygen atoms in total. The first-order valence-corrected chi connectivity index (χ1v) is 4.04. The zero-order valence-corrected chi connectivity index (χ0v) is 6.91. The van der Waals surface area contributed by atoms with Gasteiger partial charge in [-0.3, -0.25) is 0 Å². The van der Waals surface area contributed by atoms with Crippen molar-refractivity contribution in [3.05, 3.63) is 22.1 Å². The van der Waals surface area contributed by atoms with Crippen LogP contribution in [0.15, 0.2) is 11.4 Å². The molecular weight excluding hydrogens is 161 g/mol. The largest absolute Gasteiger partial charge is 0.302 e. The van der Waals surface area contributed by atoms with E-state index in [4.69, 9.17) is 6.42 Å². The van der Waals surface area contributed by atoms with Gasteiger partial charge < -0.3 is 5.32 Å². The van der Waals surface area contributed by atoms with Crippen LogP contribution in [-0.4, -0.2) is 7.05 Å². The van der Waals surface area contributed by atoms with Crippen molar-refractivity contribution in [1.29, 1.82) is 0 Å².